The van der Waals surface area contributed by atoms with E-state index in [1.165, 1.54) is 0 Å². The summed E-state index contributed by atoms with van der Waals surface area (Å²) in [5, 5.41) is 14.0. The Labute approximate surface area is 94.4 Å². The molecule has 5 heteroatoms. The summed E-state index contributed by atoms with van der Waals surface area (Å²) in [6, 6.07) is 6.38. The van der Waals surface area contributed by atoms with Crippen molar-refractivity contribution in [1.29, 1.82) is 0 Å². The lowest BCUT2D eigenvalue weighted by molar-refractivity contribution is 0.229. The molecular formula is C11H16N2O3. The van der Waals surface area contributed by atoms with Crippen LogP contribution in [0.4, 0.5) is 10.5 Å². The number of hydrogen-bond acceptors (Lipinski definition) is 3. The number of benzene rings is 1. The van der Waals surface area contributed by atoms with E-state index in [1.54, 1.807) is 38.3 Å². The Hall–Kier alpha value is -1.75. The van der Waals surface area contributed by atoms with Crippen LogP contribution < -0.4 is 15.4 Å². The van der Waals surface area contributed by atoms with Crippen LogP contribution in [0.2, 0.25) is 0 Å². The van der Waals surface area contributed by atoms with Crippen molar-refractivity contribution >= 4 is 11.7 Å². The van der Waals surface area contributed by atoms with Crippen LogP contribution in [-0.2, 0) is 0 Å². The maximum Gasteiger partial charge on any atom is 0.319 e. The van der Waals surface area contributed by atoms with Crippen molar-refractivity contribution in [2.75, 3.05) is 19.0 Å². The maximum atomic E-state index is 11.4. The first-order valence-electron chi connectivity index (χ1n) is 4.98. The average molecular weight is 224 g/mol. The number of aliphatic hydroxyl groups is 1. The van der Waals surface area contributed by atoms with Crippen LogP contribution in [0.25, 0.3) is 0 Å². The second-order valence-electron chi connectivity index (χ2n) is 3.41. The highest BCUT2D eigenvalue weighted by molar-refractivity contribution is 5.89. The lowest BCUT2D eigenvalue weighted by Crippen LogP contribution is -2.38. The molecule has 16 heavy (non-hydrogen) atoms. The van der Waals surface area contributed by atoms with Crippen LogP contribution in [0, 0.1) is 0 Å². The number of carbonyl (C=O) groups excluding carboxylic acids is 1. The molecule has 5 nitrogen and oxygen atoms in total. The molecule has 0 bridgehead atoms. The monoisotopic (exact) mass is 224 g/mol. The van der Waals surface area contributed by atoms with Crippen molar-refractivity contribution in [2.24, 2.45) is 0 Å². The van der Waals surface area contributed by atoms with Gasteiger partial charge in [-0.2, -0.15) is 0 Å². The summed E-state index contributed by atoms with van der Waals surface area (Å²) >= 11 is 0. The topological polar surface area (TPSA) is 70.6 Å². The Balaban J connectivity index is 2.49. The van der Waals surface area contributed by atoms with E-state index in [4.69, 9.17) is 9.84 Å². The third-order valence-corrected chi connectivity index (χ3v) is 2.00. The quantitative estimate of drug-likeness (QED) is 0.719. The summed E-state index contributed by atoms with van der Waals surface area (Å²) in [6.45, 7) is 1.63. The molecule has 3 N–H and O–H groups in total. The third-order valence-electron chi connectivity index (χ3n) is 2.00. The summed E-state index contributed by atoms with van der Waals surface area (Å²) in [6.07, 6.45) is 0. The average Bonchev–Trinajstić information content (AvgIpc) is 2.29. The molecule has 0 aliphatic rings. The molecule has 0 fully saturated rings. The molecule has 0 heterocycles. The standard InChI is InChI=1S/C11H16N2O3/c1-8(7-14)12-11(15)13-9-3-5-10(16-2)6-4-9/h3-6,8,14H,7H2,1-2H3,(H2,12,13,15)/t8-/m1/s1. The van der Waals surface area contributed by atoms with Gasteiger partial charge in [0.2, 0.25) is 0 Å². The number of rotatable bonds is 4. The maximum absolute atomic E-state index is 11.4. The molecule has 0 aliphatic carbocycles. The normalized spacial score (nSPS) is 11.7. The lowest BCUT2D eigenvalue weighted by Gasteiger charge is -2.12. The van der Waals surface area contributed by atoms with Gasteiger partial charge in [-0.1, -0.05) is 0 Å². The highest BCUT2D eigenvalue weighted by Crippen LogP contribution is 2.14. The number of methoxy groups -OCH3 is 1. The van der Waals surface area contributed by atoms with Gasteiger partial charge in [0, 0.05) is 5.69 Å². The molecule has 1 aromatic rings. The van der Waals surface area contributed by atoms with Gasteiger partial charge in [-0.15, -0.1) is 0 Å². The van der Waals surface area contributed by atoms with E-state index in [0.29, 0.717) is 5.69 Å². The number of urea groups is 1. The Morgan fingerprint density at radius 2 is 2.06 bits per heavy atom. The van der Waals surface area contributed by atoms with Gasteiger partial charge in [-0.05, 0) is 31.2 Å². The molecule has 2 amide bonds. The fourth-order valence-electron chi connectivity index (χ4n) is 1.11. The molecular weight excluding hydrogens is 208 g/mol. The molecule has 0 spiro atoms. The van der Waals surface area contributed by atoms with Gasteiger partial charge in [0.15, 0.2) is 0 Å². The summed E-state index contributed by atoms with van der Waals surface area (Å²) in [5.41, 5.74) is 0.670. The van der Waals surface area contributed by atoms with E-state index < -0.39 is 0 Å². The van der Waals surface area contributed by atoms with Crippen LogP contribution in [0.5, 0.6) is 5.75 Å². The van der Waals surface area contributed by atoms with E-state index in [0.717, 1.165) is 5.75 Å². The summed E-state index contributed by atoms with van der Waals surface area (Å²) in [4.78, 5) is 11.4. The highest BCUT2D eigenvalue weighted by atomic mass is 16.5. The van der Waals surface area contributed by atoms with Crippen molar-refractivity contribution < 1.29 is 14.6 Å². The van der Waals surface area contributed by atoms with Gasteiger partial charge in [-0.25, -0.2) is 4.79 Å². The fourth-order valence-corrected chi connectivity index (χ4v) is 1.11. The first-order chi connectivity index (χ1) is 7.65. The zero-order valence-corrected chi connectivity index (χ0v) is 9.36. The van der Waals surface area contributed by atoms with Crippen molar-refractivity contribution in [3.8, 4) is 5.75 Å². The van der Waals surface area contributed by atoms with E-state index in [-0.39, 0.29) is 18.7 Å². The van der Waals surface area contributed by atoms with E-state index in [2.05, 4.69) is 10.6 Å². The van der Waals surface area contributed by atoms with Gasteiger partial charge in [0.25, 0.3) is 0 Å². The first-order valence-corrected chi connectivity index (χ1v) is 4.98. The number of ether oxygens (including phenoxy) is 1. The van der Waals surface area contributed by atoms with E-state index in [1.807, 2.05) is 0 Å². The molecule has 88 valence electrons. The van der Waals surface area contributed by atoms with Crippen molar-refractivity contribution in [2.45, 2.75) is 13.0 Å². The van der Waals surface area contributed by atoms with Gasteiger partial charge in [0.05, 0.1) is 19.8 Å². The Morgan fingerprint density at radius 3 is 2.56 bits per heavy atom. The smallest absolute Gasteiger partial charge is 0.319 e. The highest BCUT2D eigenvalue weighted by Gasteiger charge is 2.05. The summed E-state index contributed by atoms with van der Waals surface area (Å²) in [5.74, 6) is 0.731. The minimum absolute atomic E-state index is 0.0873. The zero-order valence-electron chi connectivity index (χ0n) is 9.36. The number of anilines is 1. The summed E-state index contributed by atoms with van der Waals surface area (Å²) in [7, 11) is 1.58. The van der Waals surface area contributed by atoms with Crippen LogP contribution in [0.3, 0.4) is 0 Å². The SMILES string of the molecule is COc1ccc(NC(=O)N[C@H](C)CO)cc1. The second kappa shape index (κ2) is 5.97. The fraction of sp³-hybridized carbons (Fsp3) is 0.364. The van der Waals surface area contributed by atoms with Gasteiger partial charge in [-0.3, -0.25) is 0 Å². The summed E-state index contributed by atoms with van der Waals surface area (Å²) < 4.78 is 4.99. The minimum Gasteiger partial charge on any atom is -0.497 e. The second-order valence-corrected chi connectivity index (χ2v) is 3.41. The van der Waals surface area contributed by atoms with Crippen LogP contribution in [-0.4, -0.2) is 30.9 Å². The minimum atomic E-state index is -0.341. The van der Waals surface area contributed by atoms with Gasteiger partial charge < -0.3 is 20.5 Å². The van der Waals surface area contributed by atoms with E-state index >= 15 is 0 Å². The molecule has 1 aromatic carbocycles. The van der Waals surface area contributed by atoms with Crippen molar-refractivity contribution in [1.82, 2.24) is 5.32 Å². The predicted molar refractivity (Wildman–Crippen MR) is 61.7 cm³/mol. The molecule has 1 atom stereocenters. The van der Waals surface area contributed by atoms with Crippen molar-refractivity contribution in [3.05, 3.63) is 24.3 Å². The van der Waals surface area contributed by atoms with Crippen LogP contribution in [0.1, 0.15) is 6.92 Å². The number of nitrogens with one attached hydrogen (secondary N) is 2. The molecule has 0 saturated carbocycles. The van der Waals surface area contributed by atoms with E-state index in [9.17, 15) is 4.79 Å². The number of hydrogen-bond donors (Lipinski definition) is 3. The molecule has 0 aliphatic heterocycles. The van der Waals surface area contributed by atoms with Crippen molar-refractivity contribution in [3.63, 3.8) is 0 Å². The predicted octanol–water partition coefficient (Wildman–Crippen LogP) is 1.20. The first kappa shape index (κ1) is 12.3. The zero-order chi connectivity index (χ0) is 12.0. The van der Waals surface area contributed by atoms with Crippen LogP contribution in [0.15, 0.2) is 24.3 Å². The molecule has 0 unspecified atom stereocenters. The Bertz CT molecular complexity index is 338. The Morgan fingerprint density at radius 1 is 1.44 bits per heavy atom. The Kier molecular flexibility index (Phi) is 4.60. The molecule has 1 rings (SSSR count). The largest absolute Gasteiger partial charge is 0.497 e. The third kappa shape index (κ3) is 3.78. The number of amides is 2. The van der Waals surface area contributed by atoms with Gasteiger partial charge in [0.1, 0.15) is 5.75 Å². The number of aliphatic hydroxyl groups excluding tert-OH is 1. The van der Waals surface area contributed by atoms with Gasteiger partial charge >= 0.3 is 6.03 Å². The van der Waals surface area contributed by atoms with Crippen LogP contribution >= 0.6 is 0 Å². The number of carbonyl (C=O) groups is 1. The lowest BCUT2D eigenvalue weighted by atomic mass is 10.3. The molecule has 0 aromatic heterocycles. The molecule has 0 radical (unpaired) electrons. The molecule has 0 saturated heterocycles.